The zero-order valence-electron chi connectivity index (χ0n) is 7.88. The smallest absolute Gasteiger partial charge is 0.0696 e. The van der Waals surface area contributed by atoms with Gasteiger partial charge in [-0.1, -0.05) is 22.9 Å². The summed E-state index contributed by atoms with van der Waals surface area (Å²) in [6, 6.07) is 4.31. The summed E-state index contributed by atoms with van der Waals surface area (Å²) in [6.45, 7) is 2.27. The van der Waals surface area contributed by atoms with Crippen LogP contribution in [0.15, 0.2) is 22.0 Å². The van der Waals surface area contributed by atoms with E-state index < -0.39 is 0 Å². The lowest BCUT2D eigenvalue weighted by molar-refractivity contribution is 0.284. The molecule has 1 aromatic heterocycles. The van der Waals surface area contributed by atoms with Gasteiger partial charge in [-0.3, -0.25) is 0 Å². The molecular weight excluding hydrogens is 260 g/mol. The minimum absolute atomic E-state index is 0.123. The van der Waals surface area contributed by atoms with Crippen LogP contribution in [-0.2, 0) is 13.0 Å². The first kappa shape index (κ1) is 10.1. The Morgan fingerprint density at radius 3 is 2.79 bits per heavy atom. The van der Waals surface area contributed by atoms with E-state index in [0.717, 1.165) is 16.5 Å². The third kappa shape index (κ3) is 1.60. The normalized spacial score (nSPS) is 11.1. The Hall–Kier alpha value is -0.380. The van der Waals surface area contributed by atoms with E-state index in [-0.39, 0.29) is 6.61 Å². The second kappa shape index (κ2) is 4.01. The molecule has 14 heavy (non-hydrogen) atoms. The van der Waals surface area contributed by atoms with Crippen LogP contribution in [0.2, 0.25) is 0 Å². The molecule has 1 nitrogen and oxygen atoms in total. The Kier molecular flexibility index (Phi) is 2.91. The lowest BCUT2D eigenvalue weighted by Gasteiger charge is -2.02. The Morgan fingerprint density at radius 2 is 2.14 bits per heavy atom. The van der Waals surface area contributed by atoms with Crippen molar-refractivity contribution in [2.75, 3.05) is 0 Å². The summed E-state index contributed by atoms with van der Waals surface area (Å²) in [5, 5.41) is 12.3. The van der Waals surface area contributed by atoms with Crippen LogP contribution in [0.1, 0.15) is 18.1 Å². The van der Waals surface area contributed by atoms with E-state index in [4.69, 9.17) is 5.11 Å². The molecule has 0 aliphatic heterocycles. The van der Waals surface area contributed by atoms with Crippen molar-refractivity contribution in [1.29, 1.82) is 0 Å². The average molecular weight is 271 g/mol. The van der Waals surface area contributed by atoms with Gasteiger partial charge < -0.3 is 5.11 Å². The minimum atomic E-state index is 0.123. The number of aryl methyl sites for hydroxylation is 1. The molecule has 0 saturated heterocycles. The first-order valence-corrected chi connectivity index (χ1v) is 6.23. The van der Waals surface area contributed by atoms with E-state index in [1.165, 1.54) is 15.6 Å². The molecule has 74 valence electrons. The molecule has 0 fully saturated rings. The fourth-order valence-corrected chi connectivity index (χ4v) is 3.16. The first-order valence-electron chi connectivity index (χ1n) is 4.55. The lowest BCUT2D eigenvalue weighted by atomic mass is 10.1. The molecular formula is C11H11BrOS. The van der Waals surface area contributed by atoms with Gasteiger partial charge in [0.05, 0.1) is 6.61 Å². The number of rotatable bonds is 2. The molecule has 0 saturated carbocycles. The van der Waals surface area contributed by atoms with Crippen LogP contribution >= 0.6 is 27.3 Å². The van der Waals surface area contributed by atoms with E-state index in [1.54, 1.807) is 11.3 Å². The van der Waals surface area contributed by atoms with Gasteiger partial charge in [-0.25, -0.2) is 0 Å². The summed E-state index contributed by atoms with van der Waals surface area (Å²) < 4.78 is 2.40. The van der Waals surface area contributed by atoms with Crippen LogP contribution < -0.4 is 0 Å². The molecule has 1 N–H and O–H groups in total. The molecule has 0 atom stereocenters. The molecule has 0 aliphatic rings. The van der Waals surface area contributed by atoms with Gasteiger partial charge in [-0.2, -0.15) is 0 Å². The van der Waals surface area contributed by atoms with E-state index >= 15 is 0 Å². The summed E-state index contributed by atoms with van der Waals surface area (Å²) in [4.78, 5) is 0. The lowest BCUT2D eigenvalue weighted by Crippen LogP contribution is -1.83. The summed E-state index contributed by atoms with van der Waals surface area (Å²) in [7, 11) is 0. The Balaban J connectivity index is 2.69. The van der Waals surface area contributed by atoms with Gasteiger partial charge >= 0.3 is 0 Å². The van der Waals surface area contributed by atoms with Gasteiger partial charge in [0.2, 0.25) is 0 Å². The Bertz CT molecular complexity index is 462. The summed E-state index contributed by atoms with van der Waals surface area (Å²) in [5.41, 5.74) is 2.34. The highest BCUT2D eigenvalue weighted by molar-refractivity contribution is 9.10. The zero-order valence-corrected chi connectivity index (χ0v) is 10.3. The third-order valence-electron chi connectivity index (χ3n) is 2.37. The fraction of sp³-hybridized carbons (Fsp3) is 0.273. The first-order chi connectivity index (χ1) is 6.76. The number of benzene rings is 1. The second-order valence-electron chi connectivity index (χ2n) is 3.21. The standard InChI is InChI=1S/C11H11BrOS/c1-2-7-3-11-9(4-10(7)12)8(5-13)6-14-11/h3-4,6,13H,2,5H2,1H3. The summed E-state index contributed by atoms with van der Waals surface area (Å²) in [6.07, 6.45) is 1.03. The molecule has 1 heterocycles. The van der Waals surface area contributed by atoms with Crippen molar-refractivity contribution in [3.05, 3.63) is 33.1 Å². The number of aliphatic hydroxyl groups excluding tert-OH is 1. The molecule has 3 heteroatoms. The van der Waals surface area contributed by atoms with Crippen molar-refractivity contribution in [2.45, 2.75) is 20.0 Å². The number of hydrogen-bond acceptors (Lipinski definition) is 2. The molecule has 0 bridgehead atoms. The van der Waals surface area contributed by atoms with Crippen molar-refractivity contribution < 1.29 is 5.11 Å². The largest absolute Gasteiger partial charge is 0.392 e. The zero-order chi connectivity index (χ0) is 10.1. The quantitative estimate of drug-likeness (QED) is 0.882. The third-order valence-corrected chi connectivity index (χ3v) is 4.11. The number of hydrogen-bond donors (Lipinski definition) is 1. The second-order valence-corrected chi connectivity index (χ2v) is 4.98. The van der Waals surface area contributed by atoms with E-state index in [9.17, 15) is 0 Å². The number of fused-ring (bicyclic) bond motifs is 1. The number of thiophene rings is 1. The van der Waals surface area contributed by atoms with Crippen LogP contribution in [0.3, 0.4) is 0 Å². The molecule has 2 aromatic rings. The van der Waals surface area contributed by atoms with Crippen molar-refractivity contribution in [3.63, 3.8) is 0 Å². The molecule has 2 rings (SSSR count). The van der Waals surface area contributed by atoms with Crippen LogP contribution in [0.4, 0.5) is 0 Å². The van der Waals surface area contributed by atoms with Gasteiger partial charge in [-0.15, -0.1) is 11.3 Å². The monoisotopic (exact) mass is 270 g/mol. The highest BCUT2D eigenvalue weighted by atomic mass is 79.9. The van der Waals surface area contributed by atoms with Gasteiger partial charge in [0, 0.05) is 9.17 Å². The topological polar surface area (TPSA) is 20.2 Å². The molecule has 0 aliphatic carbocycles. The predicted octanol–water partition coefficient (Wildman–Crippen LogP) is 3.72. The van der Waals surface area contributed by atoms with Gasteiger partial charge in [0.25, 0.3) is 0 Å². The predicted molar refractivity (Wildman–Crippen MR) is 64.8 cm³/mol. The van der Waals surface area contributed by atoms with Crippen molar-refractivity contribution >= 4 is 37.4 Å². The summed E-state index contributed by atoms with van der Waals surface area (Å²) in [5.74, 6) is 0. The average Bonchev–Trinajstić information content (AvgIpc) is 2.58. The van der Waals surface area contributed by atoms with E-state index in [1.807, 2.05) is 5.38 Å². The minimum Gasteiger partial charge on any atom is -0.392 e. The van der Waals surface area contributed by atoms with Gasteiger partial charge in [-0.05, 0) is 40.4 Å². The number of aliphatic hydroxyl groups is 1. The molecule has 1 aromatic carbocycles. The van der Waals surface area contributed by atoms with Crippen molar-refractivity contribution in [3.8, 4) is 0 Å². The maximum Gasteiger partial charge on any atom is 0.0696 e. The van der Waals surface area contributed by atoms with Crippen LogP contribution in [0.25, 0.3) is 10.1 Å². The fourth-order valence-electron chi connectivity index (χ4n) is 1.54. The maximum absolute atomic E-state index is 9.13. The van der Waals surface area contributed by atoms with Gasteiger partial charge in [0.15, 0.2) is 0 Å². The van der Waals surface area contributed by atoms with Gasteiger partial charge in [0.1, 0.15) is 0 Å². The van der Waals surface area contributed by atoms with Crippen molar-refractivity contribution in [1.82, 2.24) is 0 Å². The van der Waals surface area contributed by atoms with Crippen LogP contribution in [0.5, 0.6) is 0 Å². The van der Waals surface area contributed by atoms with Crippen LogP contribution in [-0.4, -0.2) is 5.11 Å². The molecule has 0 radical (unpaired) electrons. The molecule has 0 spiro atoms. The number of halogens is 1. The van der Waals surface area contributed by atoms with Crippen LogP contribution in [0, 0.1) is 0 Å². The highest BCUT2D eigenvalue weighted by Crippen LogP contribution is 2.31. The Morgan fingerprint density at radius 1 is 1.36 bits per heavy atom. The molecule has 0 amide bonds. The maximum atomic E-state index is 9.13. The highest BCUT2D eigenvalue weighted by Gasteiger charge is 2.06. The van der Waals surface area contributed by atoms with E-state index in [0.29, 0.717) is 0 Å². The van der Waals surface area contributed by atoms with E-state index in [2.05, 4.69) is 35.0 Å². The summed E-state index contributed by atoms with van der Waals surface area (Å²) >= 11 is 5.24. The molecule has 0 unspecified atom stereocenters. The SMILES string of the molecule is CCc1cc2scc(CO)c2cc1Br. The Labute approximate surface area is 95.5 Å². The van der Waals surface area contributed by atoms with Crippen molar-refractivity contribution in [2.24, 2.45) is 0 Å².